The van der Waals surface area contributed by atoms with Crippen molar-refractivity contribution >= 4 is 45.9 Å². The number of rotatable bonds is 3. The van der Waals surface area contributed by atoms with E-state index in [1.165, 1.54) is 0 Å². The number of nitrogens with zero attached hydrogens (tertiary/aromatic N) is 1. The van der Waals surface area contributed by atoms with E-state index >= 15 is 0 Å². The first-order valence-corrected chi connectivity index (χ1v) is 7.72. The van der Waals surface area contributed by atoms with Crippen LogP contribution in [0.5, 0.6) is 0 Å². The molecule has 2 unspecified atom stereocenters. The molecule has 1 aliphatic rings. The van der Waals surface area contributed by atoms with Gasteiger partial charge in [0, 0.05) is 20.6 Å². The molecule has 0 bridgehead atoms. The quantitative estimate of drug-likeness (QED) is 0.237. The Morgan fingerprint density at radius 2 is 2.25 bits per heavy atom. The highest BCUT2D eigenvalue weighted by atomic mass is 127. The Morgan fingerprint density at radius 1 is 1.50 bits per heavy atom. The van der Waals surface area contributed by atoms with Gasteiger partial charge in [0.15, 0.2) is 0 Å². The number of amides is 1. The fraction of sp³-hybridized carbons (Fsp3) is 0.385. The van der Waals surface area contributed by atoms with E-state index in [1.54, 1.807) is 18.2 Å². The van der Waals surface area contributed by atoms with Crippen LogP contribution in [0.2, 0.25) is 5.02 Å². The zero-order chi connectivity index (χ0) is 14.7. The Balaban J connectivity index is 2.13. The predicted molar refractivity (Wildman–Crippen MR) is 86.2 cm³/mol. The largest absolute Gasteiger partial charge is 0.409 e. The second-order valence-electron chi connectivity index (χ2n) is 4.77. The highest BCUT2D eigenvalue weighted by Crippen LogP contribution is 2.26. The van der Waals surface area contributed by atoms with Gasteiger partial charge in [-0.15, -0.1) is 0 Å². The van der Waals surface area contributed by atoms with E-state index in [0.717, 1.165) is 22.8 Å². The zero-order valence-corrected chi connectivity index (χ0v) is 13.6. The zero-order valence-electron chi connectivity index (χ0n) is 10.6. The average Bonchev–Trinajstić information content (AvgIpc) is 2.88. The molecule has 0 heterocycles. The lowest BCUT2D eigenvalue weighted by atomic mass is 10.0. The number of nitrogens with one attached hydrogen (secondary N) is 1. The van der Waals surface area contributed by atoms with Crippen molar-refractivity contribution in [2.75, 3.05) is 0 Å². The summed E-state index contributed by atoms with van der Waals surface area (Å²) in [6.45, 7) is 0. The van der Waals surface area contributed by atoms with Crippen molar-refractivity contribution in [2.24, 2.45) is 16.8 Å². The fourth-order valence-corrected chi connectivity index (χ4v) is 3.23. The lowest BCUT2D eigenvalue weighted by molar-refractivity contribution is 0.0932. The summed E-state index contributed by atoms with van der Waals surface area (Å²) in [5.74, 6) is -0.117. The summed E-state index contributed by atoms with van der Waals surface area (Å²) in [6, 6.07) is 5.09. The molecule has 0 aliphatic heterocycles. The van der Waals surface area contributed by atoms with Gasteiger partial charge in [0.25, 0.3) is 5.91 Å². The van der Waals surface area contributed by atoms with Crippen LogP contribution >= 0.6 is 34.2 Å². The van der Waals surface area contributed by atoms with Crippen LogP contribution in [0.3, 0.4) is 0 Å². The van der Waals surface area contributed by atoms with E-state index in [4.69, 9.17) is 22.5 Å². The molecule has 5 nitrogen and oxygen atoms in total. The Kier molecular flexibility index (Phi) is 5.09. The third kappa shape index (κ3) is 3.35. The second-order valence-corrected chi connectivity index (χ2v) is 6.37. The van der Waals surface area contributed by atoms with Crippen molar-refractivity contribution in [1.29, 1.82) is 0 Å². The number of oxime groups is 1. The van der Waals surface area contributed by atoms with Gasteiger partial charge in [0.2, 0.25) is 0 Å². The first-order chi connectivity index (χ1) is 9.52. The lowest BCUT2D eigenvalue weighted by Crippen LogP contribution is -2.42. The summed E-state index contributed by atoms with van der Waals surface area (Å²) in [4.78, 5) is 12.3. The van der Waals surface area contributed by atoms with Gasteiger partial charge in [-0.05, 0) is 53.6 Å². The predicted octanol–water partition coefficient (Wildman–Crippen LogP) is 2.59. The van der Waals surface area contributed by atoms with Gasteiger partial charge in [-0.1, -0.05) is 23.2 Å². The average molecular weight is 408 g/mol. The van der Waals surface area contributed by atoms with Gasteiger partial charge in [0.05, 0.1) is 5.56 Å². The number of carbonyl (C=O) groups is 1. The van der Waals surface area contributed by atoms with Gasteiger partial charge >= 0.3 is 0 Å². The SMILES string of the molecule is N/C(=N/O)C1CCCC1NC(=O)c1cc(Cl)ccc1I. The molecule has 1 aromatic rings. The molecule has 2 rings (SSSR count). The number of hydrogen-bond donors (Lipinski definition) is 3. The third-order valence-electron chi connectivity index (χ3n) is 3.50. The standard InChI is InChI=1S/C13H15ClIN3O2/c14-7-4-5-10(15)9(6-7)13(19)17-11-3-1-2-8(11)12(16)18-20/h4-6,8,11,20H,1-3H2,(H2,16,18)(H,17,19). The maximum atomic E-state index is 12.3. The van der Waals surface area contributed by atoms with E-state index in [2.05, 4.69) is 33.1 Å². The van der Waals surface area contributed by atoms with Crippen LogP contribution < -0.4 is 11.1 Å². The summed E-state index contributed by atoms with van der Waals surface area (Å²) in [7, 11) is 0. The van der Waals surface area contributed by atoms with Crippen LogP contribution in [-0.4, -0.2) is 23.0 Å². The number of hydrogen-bond acceptors (Lipinski definition) is 3. The van der Waals surface area contributed by atoms with Gasteiger partial charge in [-0.3, -0.25) is 4.79 Å². The van der Waals surface area contributed by atoms with Crippen molar-refractivity contribution in [2.45, 2.75) is 25.3 Å². The van der Waals surface area contributed by atoms with E-state index < -0.39 is 0 Å². The van der Waals surface area contributed by atoms with Gasteiger partial charge < -0.3 is 16.3 Å². The summed E-state index contributed by atoms with van der Waals surface area (Å²) >= 11 is 8.02. The normalized spacial score (nSPS) is 22.8. The minimum atomic E-state index is -0.181. The molecule has 108 valence electrons. The number of halogens is 2. The van der Waals surface area contributed by atoms with Crippen LogP contribution in [0.1, 0.15) is 29.6 Å². The summed E-state index contributed by atoms with van der Waals surface area (Å²) in [5, 5.41) is 15.3. The van der Waals surface area contributed by atoms with E-state index in [9.17, 15) is 4.79 Å². The van der Waals surface area contributed by atoms with Crippen LogP contribution in [-0.2, 0) is 0 Å². The molecule has 1 fully saturated rings. The topological polar surface area (TPSA) is 87.7 Å². The summed E-state index contributed by atoms with van der Waals surface area (Å²) in [5.41, 5.74) is 6.21. The first kappa shape index (κ1) is 15.4. The van der Waals surface area contributed by atoms with Crippen molar-refractivity contribution in [1.82, 2.24) is 5.32 Å². The molecule has 4 N–H and O–H groups in total. The van der Waals surface area contributed by atoms with Crippen LogP contribution in [0.4, 0.5) is 0 Å². The first-order valence-electron chi connectivity index (χ1n) is 6.26. The van der Waals surface area contributed by atoms with Crippen LogP contribution in [0.15, 0.2) is 23.4 Å². The van der Waals surface area contributed by atoms with Crippen molar-refractivity contribution < 1.29 is 10.0 Å². The van der Waals surface area contributed by atoms with E-state index in [-0.39, 0.29) is 23.7 Å². The molecule has 1 amide bonds. The lowest BCUT2D eigenvalue weighted by Gasteiger charge is -2.20. The Morgan fingerprint density at radius 3 is 2.95 bits per heavy atom. The minimum Gasteiger partial charge on any atom is -0.409 e. The minimum absolute atomic E-state index is 0.104. The molecule has 1 aliphatic carbocycles. The van der Waals surface area contributed by atoms with Gasteiger partial charge in [0.1, 0.15) is 5.84 Å². The molecule has 0 aromatic heterocycles. The van der Waals surface area contributed by atoms with E-state index in [0.29, 0.717) is 10.6 Å². The molecule has 1 aromatic carbocycles. The highest BCUT2D eigenvalue weighted by molar-refractivity contribution is 14.1. The molecule has 1 saturated carbocycles. The Bertz CT molecular complexity index is 550. The van der Waals surface area contributed by atoms with Crippen molar-refractivity contribution in [3.8, 4) is 0 Å². The van der Waals surface area contributed by atoms with E-state index in [1.807, 2.05) is 0 Å². The molecule has 7 heteroatoms. The number of nitrogens with two attached hydrogens (primary N) is 1. The van der Waals surface area contributed by atoms with Gasteiger partial charge in [-0.25, -0.2) is 0 Å². The number of carbonyl (C=O) groups excluding carboxylic acids is 1. The maximum absolute atomic E-state index is 12.3. The number of amidine groups is 1. The van der Waals surface area contributed by atoms with Crippen LogP contribution in [0, 0.1) is 9.49 Å². The Hall–Kier alpha value is -1.02. The van der Waals surface area contributed by atoms with Crippen LogP contribution in [0.25, 0.3) is 0 Å². The molecular weight excluding hydrogens is 393 g/mol. The number of benzene rings is 1. The molecular formula is C13H15ClIN3O2. The molecule has 0 radical (unpaired) electrons. The van der Waals surface area contributed by atoms with Gasteiger partial charge in [-0.2, -0.15) is 0 Å². The Labute approximate surface area is 135 Å². The summed E-state index contributed by atoms with van der Waals surface area (Å²) in [6.07, 6.45) is 2.58. The maximum Gasteiger partial charge on any atom is 0.252 e. The molecule has 2 atom stereocenters. The fourth-order valence-electron chi connectivity index (χ4n) is 2.48. The smallest absolute Gasteiger partial charge is 0.252 e. The monoisotopic (exact) mass is 407 g/mol. The molecule has 0 spiro atoms. The second kappa shape index (κ2) is 6.62. The molecule has 0 saturated heterocycles. The van der Waals surface area contributed by atoms with Crippen molar-refractivity contribution in [3.63, 3.8) is 0 Å². The van der Waals surface area contributed by atoms with Crippen molar-refractivity contribution in [3.05, 3.63) is 32.4 Å². The third-order valence-corrected chi connectivity index (χ3v) is 4.68. The highest BCUT2D eigenvalue weighted by Gasteiger charge is 2.32. The summed E-state index contributed by atoms with van der Waals surface area (Å²) < 4.78 is 0.836. The molecule has 20 heavy (non-hydrogen) atoms.